The van der Waals surface area contributed by atoms with Crippen molar-refractivity contribution in [2.45, 2.75) is 13.0 Å². The van der Waals surface area contributed by atoms with Gasteiger partial charge >= 0.3 is 0 Å². The number of methoxy groups -OCH3 is 2. The van der Waals surface area contributed by atoms with Crippen molar-refractivity contribution in [3.05, 3.63) is 54.1 Å². The van der Waals surface area contributed by atoms with E-state index in [1.54, 1.807) is 14.2 Å². The van der Waals surface area contributed by atoms with E-state index in [1.165, 1.54) is 0 Å². The highest BCUT2D eigenvalue weighted by molar-refractivity contribution is 5.78. The first-order valence-corrected chi connectivity index (χ1v) is 9.64. The molecule has 1 saturated heterocycles. The summed E-state index contributed by atoms with van der Waals surface area (Å²) in [4.78, 5) is 17.0. The summed E-state index contributed by atoms with van der Waals surface area (Å²) >= 11 is 0. The van der Waals surface area contributed by atoms with E-state index in [2.05, 4.69) is 27.2 Å². The zero-order valence-corrected chi connectivity index (χ0v) is 16.9. The summed E-state index contributed by atoms with van der Waals surface area (Å²) in [6.07, 6.45) is 0. The van der Waals surface area contributed by atoms with Crippen molar-refractivity contribution in [1.82, 2.24) is 10.2 Å². The topological polar surface area (TPSA) is 54.0 Å². The lowest BCUT2D eigenvalue weighted by Gasteiger charge is -2.36. The molecule has 6 heteroatoms. The van der Waals surface area contributed by atoms with Crippen LogP contribution in [0.1, 0.15) is 18.5 Å². The number of benzene rings is 2. The molecule has 2 aromatic rings. The molecule has 1 N–H and O–H groups in total. The number of amides is 1. The predicted octanol–water partition coefficient (Wildman–Crippen LogP) is 2.70. The van der Waals surface area contributed by atoms with Gasteiger partial charge in [-0.05, 0) is 25.1 Å². The third-order valence-corrected chi connectivity index (χ3v) is 5.14. The van der Waals surface area contributed by atoms with E-state index >= 15 is 0 Å². The van der Waals surface area contributed by atoms with Crippen LogP contribution in [0, 0.1) is 0 Å². The second kappa shape index (κ2) is 9.46. The average molecular weight is 383 g/mol. The SMILES string of the molecule is COc1cccc(N2CCN(CC(=O)NC(C)c3ccccc3OC)CC2)c1. The lowest BCUT2D eigenvalue weighted by atomic mass is 10.1. The number of nitrogens with one attached hydrogen (secondary N) is 1. The van der Waals surface area contributed by atoms with Crippen molar-refractivity contribution >= 4 is 11.6 Å². The molecule has 0 aromatic heterocycles. The maximum absolute atomic E-state index is 12.5. The van der Waals surface area contributed by atoms with Gasteiger partial charge in [0.05, 0.1) is 26.8 Å². The molecule has 1 heterocycles. The number of para-hydroxylation sites is 1. The average Bonchev–Trinajstić information content (AvgIpc) is 2.74. The van der Waals surface area contributed by atoms with Gasteiger partial charge in [-0.3, -0.25) is 9.69 Å². The van der Waals surface area contributed by atoms with Gasteiger partial charge in [-0.2, -0.15) is 0 Å². The van der Waals surface area contributed by atoms with Crippen LogP contribution in [-0.2, 0) is 4.79 Å². The van der Waals surface area contributed by atoms with Gasteiger partial charge in [0.25, 0.3) is 0 Å². The highest BCUT2D eigenvalue weighted by Gasteiger charge is 2.21. The summed E-state index contributed by atoms with van der Waals surface area (Å²) in [5, 5.41) is 3.09. The molecule has 1 fully saturated rings. The van der Waals surface area contributed by atoms with E-state index in [-0.39, 0.29) is 11.9 Å². The molecule has 6 nitrogen and oxygen atoms in total. The summed E-state index contributed by atoms with van der Waals surface area (Å²) in [6.45, 7) is 5.88. The van der Waals surface area contributed by atoms with Crippen LogP contribution >= 0.6 is 0 Å². The van der Waals surface area contributed by atoms with Gasteiger partial charge in [0.1, 0.15) is 11.5 Å². The molecule has 1 atom stereocenters. The summed E-state index contributed by atoms with van der Waals surface area (Å²) in [5.41, 5.74) is 2.15. The van der Waals surface area contributed by atoms with Crippen LogP contribution in [-0.4, -0.2) is 57.8 Å². The number of ether oxygens (including phenoxy) is 2. The molecule has 28 heavy (non-hydrogen) atoms. The summed E-state index contributed by atoms with van der Waals surface area (Å²) < 4.78 is 10.7. The third-order valence-electron chi connectivity index (χ3n) is 5.14. The minimum absolute atomic E-state index is 0.0354. The molecule has 0 radical (unpaired) electrons. The minimum Gasteiger partial charge on any atom is -0.497 e. The molecular formula is C22H29N3O3. The van der Waals surface area contributed by atoms with E-state index in [4.69, 9.17) is 9.47 Å². The normalized spacial score (nSPS) is 15.8. The number of nitrogens with zero attached hydrogens (tertiary/aromatic N) is 2. The first-order valence-electron chi connectivity index (χ1n) is 9.64. The Morgan fingerprint density at radius 2 is 1.79 bits per heavy atom. The Morgan fingerprint density at radius 3 is 2.50 bits per heavy atom. The number of anilines is 1. The van der Waals surface area contributed by atoms with Crippen molar-refractivity contribution in [3.63, 3.8) is 0 Å². The van der Waals surface area contributed by atoms with Gasteiger partial charge in [0.15, 0.2) is 0 Å². The second-order valence-corrected chi connectivity index (χ2v) is 7.00. The van der Waals surface area contributed by atoms with Crippen LogP contribution in [0.3, 0.4) is 0 Å². The van der Waals surface area contributed by atoms with Gasteiger partial charge in [0.2, 0.25) is 5.91 Å². The van der Waals surface area contributed by atoms with Gasteiger partial charge in [-0.15, -0.1) is 0 Å². The predicted molar refractivity (Wildman–Crippen MR) is 111 cm³/mol. The van der Waals surface area contributed by atoms with Crippen molar-refractivity contribution in [2.24, 2.45) is 0 Å². The van der Waals surface area contributed by atoms with Gasteiger partial charge in [-0.25, -0.2) is 0 Å². The number of carbonyl (C=O) groups excluding carboxylic acids is 1. The molecule has 1 aliphatic heterocycles. The maximum Gasteiger partial charge on any atom is 0.234 e. The zero-order valence-electron chi connectivity index (χ0n) is 16.9. The summed E-state index contributed by atoms with van der Waals surface area (Å²) in [7, 11) is 3.33. The first kappa shape index (κ1) is 20.0. The summed E-state index contributed by atoms with van der Waals surface area (Å²) in [6, 6.07) is 15.8. The van der Waals surface area contributed by atoms with Crippen LogP contribution in [0.5, 0.6) is 11.5 Å². The lowest BCUT2D eigenvalue weighted by Crippen LogP contribution is -2.49. The number of carbonyl (C=O) groups is 1. The number of hydrogen-bond donors (Lipinski definition) is 1. The minimum atomic E-state index is -0.0956. The summed E-state index contributed by atoms with van der Waals surface area (Å²) in [5.74, 6) is 1.69. The number of hydrogen-bond acceptors (Lipinski definition) is 5. The van der Waals surface area contributed by atoms with E-state index in [9.17, 15) is 4.79 Å². The Hall–Kier alpha value is -2.73. The van der Waals surface area contributed by atoms with E-state index in [0.29, 0.717) is 6.54 Å². The van der Waals surface area contributed by atoms with Crippen LogP contribution < -0.4 is 19.7 Å². The van der Waals surface area contributed by atoms with Crippen molar-refractivity contribution in [3.8, 4) is 11.5 Å². The molecular weight excluding hydrogens is 354 g/mol. The van der Waals surface area contributed by atoms with Gasteiger partial charge < -0.3 is 19.7 Å². The molecule has 0 spiro atoms. The van der Waals surface area contributed by atoms with Crippen LogP contribution in [0.4, 0.5) is 5.69 Å². The van der Waals surface area contributed by atoms with E-state index in [1.807, 2.05) is 43.3 Å². The van der Waals surface area contributed by atoms with E-state index < -0.39 is 0 Å². The van der Waals surface area contributed by atoms with E-state index in [0.717, 1.165) is 48.9 Å². The quantitative estimate of drug-likeness (QED) is 0.797. The van der Waals surface area contributed by atoms with Gasteiger partial charge in [0, 0.05) is 43.5 Å². The third kappa shape index (κ3) is 4.95. The molecule has 0 saturated carbocycles. The fraction of sp³-hybridized carbons (Fsp3) is 0.409. The largest absolute Gasteiger partial charge is 0.497 e. The zero-order chi connectivity index (χ0) is 19.9. The molecule has 1 unspecified atom stereocenters. The Morgan fingerprint density at radius 1 is 1.04 bits per heavy atom. The van der Waals surface area contributed by atoms with Crippen LogP contribution in [0.2, 0.25) is 0 Å². The molecule has 3 rings (SSSR count). The molecule has 0 aliphatic carbocycles. The standard InChI is InChI=1S/C22H29N3O3/c1-17(20-9-4-5-10-21(20)28-3)23-22(26)16-24-11-13-25(14-12-24)18-7-6-8-19(15-18)27-2/h4-10,15,17H,11-14,16H2,1-3H3,(H,23,26). The monoisotopic (exact) mass is 383 g/mol. The second-order valence-electron chi connectivity index (χ2n) is 7.00. The molecule has 2 aromatic carbocycles. The van der Waals surface area contributed by atoms with Crippen molar-refractivity contribution in [2.75, 3.05) is 51.8 Å². The molecule has 150 valence electrons. The Labute approximate surface area is 167 Å². The van der Waals surface area contributed by atoms with Gasteiger partial charge in [-0.1, -0.05) is 24.3 Å². The maximum atomic E-state index is 12.5. The molecule has 1 aliphatic rings. The Kier molecular flexibility index (Phi) is 6.76. The van der Waals surface area contributed by atoms with Crippen molar-refractivity contribution in [1.29, 1.82) is 0 Å². The fourth-order valence-electron chi connectivity index (χ4n) is 3.56. The highest BCUT2D eigenvalue weighted by atomic mass is 16.5. The first-order chi connectivity index (χ1) is 13.6. The van der Waals surface area contributed by atoms with Crippen LogP contribution in [0.25, 0.3) is 0 Å². The fourth-order valence-corrected chi connectivity index (χ4v) is 3.56. The van der Waals surface area contributed by atoms with Crippen LogP contribution in [0.15, 0.2) is 48.5 Å². The Bertz CT molecular complexity index is 788. The lowest BCUT2D eigenvalue weighted by molar-refractivity contribution is -0.123. The number of piperazine rings is 1. The molecule has 0 bridgehead atoms. The molecule has 1 amide bonds. The number of rotatable bonds is 7. The Balaban J connectivity index is 1.49. The van der Waals surface area contributed by atoms with Crippen molar-refractivity contribution < 1.29 is 14.3 Å². The highest BCUT2D eigenvalue weighted by Crippen LogP contribution is 2.24. The smallest absolute Gasteiger partial charge is 0.234 e.